The van der Waals surface area contributed by atoms with Gasteiger partial charge in [-0.2, -0.15) is 4.68 Å². The Morgan fingerprint density at radius 1 is 1.09 bits per heavy atom. The molecule has 9 heteroatoms. The number of carbonyl (C=O) groups excluding carboxylic acids is 2. The van der Waals surface area contributed by atoms with Crippen molar-refractivity contribution in [3.8, 4) is 5.69 Å². The average Bonchev–Trinajstić information content (AvgIpc) is 3.28. The van der Waals surface area contributed by atoms with Gasteiger partial charge in [-0.25, -0.2) is 0 Å². The van der Waals surface area contributed by atoms with Gasteiger partial charge in [-0.05, 0) is 66.4 Å². The Labute approximate surface area is 197 Å². The van der Waals surface area contributed by atoms with Crippen molar-refractivity contribution in [2.75, 3.05) is 17.6 Å². The Morgan fingerprint density at radius 2 is 1.91 bits per heavy atom. The van der Waals surface area contributed by atoms with Crippen LogP contribution in [0.5, 0.6) is 0 Å². The lowest BCUT2D eigenvalue weighted by Crippen LogP contribution is -2.31. The number of nitrogens with one attached hydrogen (secondary N) is 2. The number of nitrogens with zero attached hydrogens (tertiary/aromatic N) is 4. The van der Waals surface area contributed by atoms with E-state index in [9.17, 15) is 9.59 Å². The van der Waals surface area contributed by atoms with Crippen LogP contribution in [0.25, 0.3) is 5.69 Å². The van der Waals surface area contributed by atoms with Crippen LogP contribution < -0.4 is 10.6 Å². The van der Waals surface area contributed by atoms with Crippen molar-refractivity contribution in [2.24, 2.45) is 5.92 Å². The minimum absolute atomic E-state index is 0.00490. The highest BCUT2D eigenvalue weighted by Gasteiger charge is 2.16. The van der Waals surface area contributed by atoms with E-state index in [-0.39, 0.29) is 17.6 Å². The van der Waals surface area contributed by atoms with Crippen LogP contribution in [0.15, 0.2) is 53.4 Å². The molecular formula is C24H28N6O2S. The largest absolute Gasteiger partial charge is 0.355 e. The third-order valence-corrected chi connectivity index (χ3v) is 6.85. The Morgan fingerprint density at radius 3 is 2.70 bits per heavy atom. The molecule has 1 heterocycles. The molecule has 0 saturated heterocycles. The van der Waals surface area contributed by atoms with Gasteiger partial charge in [0, 0.05) is 17.1 Å². The standard InChI is InChI=1S/C24H28N6O2S/c1-17-27-28-29-30(17)20-11-7-10-19(14-20)26-24(32)21-12-5-6-13-22(21)33-16-23(31)25-15-18-8-3-2-4-9-18/h5-7,10-14,18H,2-4,8-9,15-16H2,1H3,(H,25,31)(H,26,32). The summed E-state index contributed by atoms with van der Waals surface area (Å²) < 4.78 is 1.60. The molecular weight excluding hydrogens is 436 g/mol. The lowest BCUT2D eigenvalue weighted by molar-refractivity contribution is -0.118. The van der Waals surface area contributed by atoms with Crippen LogP contribution in [0.3, 0.4) is 0 Å². The molecule has 1 fully saturated rings. The average molecular weight is 465 g/mol. The van der Waals surface area contributed by atoms with E-state index >= 15 is 0 Å². The number of rotatable bonds is 8. The fourth-order valence-corrected chi connectivity index (χ4v) is 4.89. The van der Waals surface area contributed by atoms with Crippen molar-refractivity contribution >= 4 is 29.3 Å². The lowest BCUT2D eigenvalue weighted by Gasteiger charge is -2.21. The number of anilines is 1. The zero-order chi connectivity index (χ0) is 23.0. The van der Waals surface area contributed by atoms with Crippen LogP contribution in [0, 0.1) is 12.8 Å². The molecule has 0 unspecified atom stereocenters. The number of tetrazole rings is 1. The minimum Gasteiger partial charge on any atom is -0.355 e. The monoisotopic (exact) mass is 464 g/mol. The SMILES string of the molecule is Cc1nnnn1-c1cccc(NC(=O)c2ccccc2SCC(=O)NCC2CCCCC2)c1. The molecule has 2 amide bonds. The maximum Gasteiger partial charge on any atom is 0.256 e. The van der Waals surface area contributed by atoms with Crippen LogP contribution in [0.2, 0.25) is 0 Å². The van der Waals surface area contributed by atoms with Gasteiger partial charge in [-0.15, -0.1) is 16.9 Å². The number of thioether (sulfide) groups is 1. The number of carbonyl (C=O) groups is 2. The van der Waals surface area contributed by atoms with Crippen LogP contribution in [0.1, 0.15) is 48.3 Å². The molecule has 1 saturated carbocycles. The highest BCUT2D eigenvalue weighted by atomic mass is 32.2. The Balaban J connectivity index is 1.36. The van der Waals surface area contributed by atoms with Crippen molar-refractivity contribution in [3.63, 3.8) is 0 Å². The Kier molecular flexibility index (Phi) is 7.72. The molecule has 1 aromatic heterocycles. The molecule has 0 atom stereocenters. The smallest absolute Gasteiger partial charge is 0.256 e. The molecule has 2 aromatic carbocycles. The Bertz CT molecular complexity index is 1110. The summed E-state index contributed by atoms with van der Waals surface area (Å²) in [6.45, 7) is 2.56. The van der Waals surface area contributed by atoms with Crippen LogP contribution in [0.4, 0.5) is 5.69 Å². The summed E-state index contributed by atoms with van der Waals surface area (Å²) in [5.41, 5.74) is 1.93. The molecule has 0 bridgehead atoms. The third kappa shape index (κ3) is 6.19. The van der Waals surface area contributed by atoms with Gasteiger partial charge in [0.15, 0.2) is 5.82 Å². The van der Waals surface area contributed by atoms with E-state index in [0.717, 1.165) is 17.1 Å². The number of hydrogen-bond acceptors (Lipinski definition) is 6. The van der Waals surface area contributed by atoms with Gasteiger partial charge in [0.1, 0.15) is 0 Å². The summed E-state index contributed by atoms with van der Waals surface area (Å²) in [5, 5.41) is 17.5. The fraction of sp³-hybridized carbons (Fsp3) is 0.375. The summed E-state index contributed by atoms with van der Waals surface area (Å²) in [7, 11) is 0. The van der Waals surface area contributed by atoms with Gasteiger partial charge in [0.05, 0.1) is 17.0 Å². The predicted octanol–water partition coefficient (Wildman–Crippen LogP) is 4.01. The second-order valence-corrected chi connectivity index (χ2v) is 9.25. The zero-order valence-electron chi connectivity index (χ0n) is 18.7. The Hall–Kier alpha value is -3.20. The topological polar surface area (TPSA) is 102 Å². The first-order chi connectivity index (χ1) is 16.1. The van der Waals surface area contributed by atoms with Gasteiger partial charge in [0.2, 0.25) is 5.91 Å². The van der Waals surface area contributed by atoms with Gasteiger partial charge >= 0.3 is 0 Å². The maximum atomic E-state index is 13.0. The van der Waals surface area contributed by atoms with E-state index in [1.807, 2.05) is 49.4 Å². The van der Waals surface area contributed by atoms with Crippen molar-refractivity contribution < 1.29 is 9.59 Å². The lowest BCUT2D eigenvalue weighted by atomic mass is 9.89. The van der Waals surface area contributed by atoms with Gasteiger partial charge in [0.25, 0.3) is 5.91 Å². The molecule has 0 aliphatic heterocycles. The summed E-state index contributed by atoms with van der Waals surface area (Å²) in [6, 6.07) is 14.7. The van der Waals surface area contributed by atoms with Crippen molar-refractivity contribution in [2.45, 2.75) is 43.9 Å². The fourth-order valence-electron chi connectivity index (χ4n) is 4.01. The van der Waals surface area contributed by atoms with Crippen LogP contribution in [-0.2, 0) is 4.79 Å². The number of amides is 2. The van der Waals surface area contributed by atoms with Crippen molar-refractivity contribution in [1.82, 2.24) is 25.5 Å². The highest BCUT2D eigenvalue weighted by molar-refractivity contribution is 8.00. The molecule has 2 N–H and O–H groups in total. The second-order valence-electron chi connectivity index (χ2n) is 8.24. The van der Waals surface area contributed by atoms with E-state index in [4.69, 9.17) is 0 Å². The molecule has 1 aliphatic carbocycles. The normalized spacial score (nSPS) is 14.1. The molecule has 0 spiro atoms. The molecule has 8 nitrogen and oxygen atoms in total. The van der Waals surface area contributed by atoms with Crippen LogP contribution in [-0.4, -0.2) is 44.3 Å². The first-order valence-electron chi connectivity index (χ1n) is 11.3. The number of aromatic nitrogens is 4. The summed E-state index contributed by atoms with van der Waals surface area (Å²) >= 11 is 1.38. The molecule has 4 rings (SSSR count). The summed E-state index contributed by atoms with van der Waals surface area (Å²) in [5.74, 6) is 1.31. The maximum absolute atomic E-state index is 13.0. The highest BCUT2D eigenvalue weighted by Crippen LogP contribution is 2.25. The quantitative estimate of drug-likeness (QED) is 0.489. The van der Waals surface area contributed by atoms with E-state index < -0.39 is 0 Å². The van der Waals surface area contributed by atoms with E-state index in [2.05, 4.69) is 26.2 Å². The van der Waals surface area contributed by atoms with E-state index in [0.29, 0.717) is 23.0 Å². The van der Waals surface area contributed by atoms with Crippen molar-refractivity contribution in [1.29, 1.82) is 0 Å². The minimum atomic E-state index is -0.230. The van der Waals surface area contributed by atoms with Gasteiger partial charge < -0.3 is 10.6 Å². The zero-order valence-corrected chi connectivity index (χ0v) is 19.5. The number of hydrogen-bond donors (Lipinski definition) is 2. The number of benzene rings is 2. The molecule has 172 valence electrons. The van der Waals surface area contributed by atoms with E-state index in [1.165, 1.54) is 43.9 Å². The first-order valence-corrected chi connectivity index (χ1v) is 12.2. The molecule has 1 aliphatic rings. The molecule has 3 aromatic rings. The molecule has 0 radical (unpaired) electrons. The second kappa shape index (κ2) is 11.1. The summed E-state index contributed by atoms with van der Waals surface area (Å²) in [4.78, 5) is 26.1. The third-order valence-electron chi connectivity index (χ3n) is 5.78. The number of aryl methyl sites for hydroxylation is 1. The van der Waals surface area contributed by atoms with Gasteiger partial charge in [-0.3, -0.25) is 9.59 Å². The van der Waals surface area contributed by atoms with Gasteiger partial charge in [-0.1, -0.05) is 37.5 Å². The molecule has 33 heavy (non-hydrogen) atoms. The predicted molar refractivity (Wildman–Crippen MR) is 129 cm³/mol. The summed E-state index contributed by atoms with van der Waals surface area (Å²) in [6.07, 6.45) is 6.22. The first kappa shape index (κ1) is 23.0. The van der Waals surface area contributed by atoms with Crippen LogP contribution >= 0.6 is 11.8 Å². The van der Waals surface area contributed by atoms with E-state index in [1.54, 1.807) is 10.7 Å². The van der Waals surface area contributed by atoms with Crippen molar-refractivity contribution in [3.05, 3.63) is 59.9 Å².